The molecule has 2 N–H and O–H groups in total. The van der Waals surface area contributed by atoms with E-state index in [1.54, 1.807) is 4.90 Å². The molecule has 0 atom stereocenters. The van der Waals surface area contributed by atoms with Crippen molar-refractivity contribution in [2.75, 3.05) is 23.7 Å². The minimum absolute atomic E-state index is 0.100. The number of nitrogens with two attached hydrogens (primary N) is 1. The Hall–Kier alpha value is -1.39. The molecule has 0 radical (unpaired) electrons. The van der Waals surface area contributed by atoms with E-state index < -0.39 is 5.82 Å². The highest BCUT2D eigenvalue weighted by molar-refractivity contribution is 5.42. The van der Waals surface area contributed by atoms with E-state index in [9.17, 15) is 4.39 Å². The molecule has 1 aromatic rings. The van der Waals surface area contributed by atoms with Crippen LogP contribution in [0.25, 0.3) is 0 Å². The second kappa shape index (κ2) is 4.02. The van der Waals surface area contributed by atoms with Crippen molar-refractivity contribution in [3.8, 4) is 0 Å². The Kier molecular flexibility index (Phi) is 3.00. The summed E-state index contributed by atoms with van der Waals surface area (Å²) in [4.78, 5) is 9.17. The van der Waals surface area contributed by atoms with Crippen LogP contribution in [0.15, 0.2) is 6.20 Å². The summed E-state index contributed by atoms with van der Waals surface area (Å²) in [5.74, 6) is -0.0568. The van der Waals surface area contributed by atoms with Crippen LogP contribution in [0.1, 0.15) is 13.8 Å². The normalized spacial score (nSPS) is 10.1. The van der Waals surface area contributed by atoms with E-state index in [1.807, 2.05) is 13.8 Å². The smallest absolute Gasteiger partial charge is 0.222 e. The molecule has 0 aliphatic rings. The molecule has 0 spiro atoms. The lowest BCUT2D eigenvalue weighted by atomic mass is 10.4. The van der Waals surface area contributed by atoms with Gasteiger partial charge in [0.2, 0.25) is 5.95 Å². The molecule has 0 aliphatic heterocycles. The van der Waals surface area contributed by atoms with E-state index in [2.05, 4.69) is 9.97 Å². The van der Waals surface area contributed by atoms with Crippen LogP contribution >= 0.6 is 0 Å². The summed E-state index contributed by atoms with van der Waals surface area (Å²) in [5, 5.41) is 0. The van der Waals surface area contributed by atoms with Gasteiger partial charge in [0.25, 0.3) is 0 Å². The minimum atomic E-state index is -0.432. The Morgan fingerprint density at radius 1 is 1.46 bits per heavy atom. The quantitative estimate of drug-likeness (QED) is 0.762. The first-order chi connectivity index (χ1) is 6.19. The number of rotatable bonds is 3. The number of anilines is 2. The van der Waals surface area contributed by atoms with Crippen molar-refractivity contribution in [2.45, 2.75) is 13.8 Å². The summed E-state index contributed by atoms with van der Waals surface area (Å²) in [5.41, 5.74) is 5.36. The molecule has 1 heterocycles. The Balaban J connectivity index is 3.03. The maximum Gasteiger partial charge on any atom is 0.222 e. The molecule has 1 aromatic heterocycles. The Morgan fingerprint density at radius 2 is 2.08 bits per heavy atom. The Morgan fingerprint density at radius 3 is 2.62 bits per heavy atom. The fourth-order valence-electron chi connectivity index (χ4n) is 1.12. The molecule has 1 rings (SSSR count). The molecule has 0 unspecified atom stereocenters. The average Bonchev–Trinajstić information content (AvgIpc) is 2.13. The molecule has 0 fully saturated rings. The minimum Gasteiger partial charge on any atom is -0.368 e. The van der Waals surface area contributed by atoms with E-state index >= 15 is 0 Å². The lowest BCUT2D eigenvalue weighted by molar-refractivity contribution is 0.605. The molecule has 0 aromatic carbocycles. The summed E-state index contributed by atoms with van der Waals surface area (Å²) in [6, 6.07) is 0. The van der Waals surface area contributed by atoms with Crippen molar-refractivity contribution < 1.29 is 4.39 Å². The van der Waals surface area contributed by atoms with Crippen LogP contribution in [-0.2, 0) is 0 Å². The zero-order valence-corrected chi connectivity index (χ0v) is 7.79. The zero-order chi connectivity index (χ0) is 9.84. The van der Waals surface area contributed by atoms with Crippen LogP contribution in [0.3, 0.4) is 0 Å². The highest BCUT2D eigenvalue weighted by Crippen LogP contribution is 2.15. The van der Waals surface area contributed by atoms with Gasteiger partial charge in [0.05, 0.1) is 6.20 Å². The molecular weight excluding hydrogens is 171 g/mol. The number of aromatic nitrogens is 2. The van der Waals surface area contributed by atoms with Crippen molar-refractivity contribution in [3.05, 3.63) is 12.0 Å². The number of nitrogen functional groups attached to an aromatic ring is 1. The average molecular weight is 184 g/mol. The van der Waals surface area contributed by atoms with Gasteiger partial charge in [-0.1, -0.05) is 0 Å². The van der Waals surface area contributed by atoms with Gasteiger partial charge in [-0.2, -0.15) is 4.98 Å². The Bertz CT molecular complexity index is 285. The van der Waals surface area contributed by atoms with Gasteiger partial charge in [-0.3, -0.25) is 0 Å². The third-order valence-corrected chi connectivity index (χ3v) is 1.81. The first-order valence-corrected chi connectivity index (χ1v) is 4.22. The highest BCUT2D eigenvalue weighted by Gasteiger charge is 2.10. The zero-order valence-electron chi connectivity index (χ0n) is 7.79. The van der Waals surface area contributed by atoms with Crippen LogP contribution in [0, 0.1) is 5.82 Å². The van der Waals surface area contributed by atoms with Crippen LogP contribution in [-0.4, -0.2) is 23.1 Å². The molecule has 13 heavy (non-hydrogen) atoms. The van der Waals surface area contributed by atoms with Crippen LogP contribution in [0.5, 0.6) is 0 Å². The molecular formula is C8H13FN4. The maximum atomic E-state index is 13.2. The predicted molar refractivity (Wildman–Crippen MR) is 50.0 cm³/mol. The summed E-state index contributed by atoms with van der Waals surface area (Å²) in [6.07, 6.45) is 1.09. The standard InChI is InChI=1S/C8H13FN4/c1-3-13(4-2)7-6(9)5-11-8(10)12-7/h5H,3-4H2,1-2H3,(H2,10,11,12). The van der Waals surface area contributed by atoms with E-state index in [0.717, 1.165) is 6.20 Å². The fourth-order valence-corrected chi connectivity index (χ4v) is 1.12. The van der Waals surface area contributed by atoms with E-state index in [-0.39, 0.29) is 11.8 Å². The van der Waals surface area contributed by atoms with E-state index in [4.69, 9.17) is 5.73 Å². The molecule has 0 aliphatic carbocycles. The van der Waals surface area contributed by atoms with Crippen LogP contribution < -0.4 is 10.6 Å². The third-order valence-electron chi connectivity index (χ3n) is 1.81. The summed E-state index contributed by atoms with van der Waals surface area (Å²) >= 11 is 0. The molecule has 0 amide bonds. The number of hydrogen-bond donors (Lipinski definition) is 1. The largest absolute Gasteiger partial charge is 0.368 e. The van der Waals surface area contributed by atoms with E-state index in [0.29, 0.717) is 13.1 Å². The Labute approximate surface area is 76.6 Å². The van der Waals surface area contributed by atoms with Gasteiger partial charge in [0, 0.05) is 13.1 Å². The van der Waals surface area contributed by atoms with Crippen molar-refractivity contribution in [2.24, 2.45) is 0 Å². The first-order valence-electron chi connectivity index (χ1n) is 4.22. The SMILES string of the molecule is CCN(CC)c1nc(N)ncc1F. The van der Waals surface area contributed by atoms with Gasteiger partial charge < -0.3 is 10.6 Å². The summed E-state index contributed by atoms with van der Waals surface area (Å²) < 4.78 is 13.2. The summed E-state index contributed by atoms with van der Waals surface area (Å²) in [7, 11) is 0. The van der Waals surface area contributed by atoms with Gasteiger partial charge in [-0.15, -0.1) is 0 Å². The number of hydrogen-bond acceptors (Lipinski definition) is 4. The molecule has 0 bridgehead atoms. The first kappa shape index (κ1) is 9.70. The van der Waals surface area contributed by atoms with Crippen LogP contribution in [0.4, 0.5) is 16.2 Å². The van der Waals surface area contributed by atoms with Crippen molar-refractivity contribution >= 4 is 11.8 Å². The lowest BCUT2D eigenvalue weighted by Gasteiger charge is -2.19. The summed E-state index contributed by atoms with van der Waals surface area (Å²) in [6.45, 7) is 5.26. The van der Waals surface area contributed by atoms with E-state index in [1.165, 1.54) is 0 Å². The third kappa shape index (κ3) is 2.05. The molecule has 4 nitrogen and oxygen atoms in total. The van der Waals surface area contributed by atoms with Gasteiger partial charge >= 0.3 is 0 Å². The fraction of sp³-hybridized carbons (Fsp3) is 0.500. The van der Waals surface area contributed by atoms with Gasteiger partial charge in [-0.25, -0.2) is 9.37 Å². The second-order valence-corrected chi connectivity index (χ2v) is 2.57. The van der Waals surface area contributed by atoms with Crippen molar-refractivity contribution in [1.82, 2.24) is 9.97 Å². The topological polar surface area (TPSA) is 55.0 Å². The highest BCUT2D eigenvalue weighted by atomic mass is 19.1. The monoisotopic (exact) mass is 184 g/mol. The molecule has 5 heteroatoms. The number of halogens is 1. The molecule has 0 saturated carbocycles. The van der Waals surface area contributed by atoms with Gasteiger partial charge in [-0.05, 0) is 13.8 Å². The second-order valence-electron chi connectivity index (χ2n) is 2.57. The predicted octanol–water partition coefficient (Wildman–Crippen LogP) is 1.04. The lowest BCUT2D eigenvalue weighted by Crippen LogP contribution is -2.24. The van der Waals surface area contributed by atoms with Gasteiger partial charge in [0.15, 0.2) is 11.6 Å². The van der Waals surface area contributed by atoms with Crippen LogP contribution in [0.2, 0.25) is 0 Å². The maximum absolute atomic E-state index is 13.2. The molecule has 0 saturated heterocycles. The molecule has 72 valence electrons. The van der Waals surface area contributed by atoms with Crippen molar-refractivity contribution in [1.29, 1.82) is 0 Å². The van der Waals surface area contributed by atoms with Gasteiger partial charge in [0.1, 0.15) is 0 Å². The van der Waals surface area contributed by atoms with Crippen molar-refractivity contribution in [3.63, 3.8) is 0 Å². The number of nitrogens with zero attached hydrogens (tertiary/aromatic N) is 3.